The molecule has 0 aliphatic carbocycles. The fraction of sp³-hybridized carbons (Fsp3) is 0.267. The number of carbonyl (C=O) groups is 1. The average Bonchev–Trinajstić information content (AvgIpc) is 2.51. The van der Waals surface area contributed by atoms with Crippen molar-refractivity contribution in [1.82, 2.24) is 9.97 Å². The maximum atomic E-state index is 12.1. The van der Waals surface area contributed by atoms with Gasteiger partial charge in [0.1, 0.15) is 6.61 Å². The third kappa shape index (κ3) is 5.60. The Morgan fingerprint density at radius 1 is 1.20 bits per heavy atom. The van der Waals surface area contributed by atoms with E-state index in [1.165, 1.54) is 24.3 Å². The van der Waals surface area contributed by atoms with Crippen LogP contribution in [0.5, 0.6) is 0 Å². The highest BCUT2D eigenvalue weighted by atomic mass is 32.2. The van der Waals surface area contributed by atoms with Crippen molar-refractivity contribution in [3.05, 3.63) is 62.4 Å². The Morgan fingerprint density at radius 2 is 1.96 bits per heavy atom. The second kappa shape index (κ2) is 7.79. The van der Waals surface area contributed by atoms with E-state index < -0.39 is 27.2 Å². The summed E-state index contributed by atoms with van der Waals surface area (Å²) in [5.74, 6) is -0.755. The first-order chi connectivity index (χ1) is 11.8. The van der Waals surface area contributed by atoms with Crippen LogP contribution in [0.3, 0.4) is 0 Å². The minimum atomic E-state index is -3.47. The van der Waals surface area contributed by atoms with Gasteiger partial charge in [0, 0.05) is 11.8 Å². The number of hydrogen-bond acceptors (Lipinski definition) is 6. The molecule has 2 aromatic rings. The van der Waals surface area contributed by atoms with E-state index in [2.05, 4.69) is 9.71 Å². The lowest BCUT2D eigenvalue weighted by molar-refractivity contribution is 0.0467. The minimum absolute atomic E-state index is 0.0302. The molecule has 0 bridgehead atoms. The lowest BCUT2D eigenvalue weighted by Crippen LogP contribution is -2.23. The van der Waals surface area contributed by atoms with Gasteiger partial charge in [0.2, 0.25) is 10.0 Å². The number of H-pyrrole nitrogens is 2. The van der Waals surface area contributed by atoms with Crippen LogP contribution in [-0.4, -0.2) is 30.1 Å². The van der Waals surface area contributed by atoms with Crippen molar-refractivity contribution in [2.75, 3.05) is 10.5 Å². The average molecular weight is 367 g/mol. The number of rotatable bonds is 7. The molecule has 25 heavy (non-hydrogen) atoms. The molecular formula is C15H17N3O6S. The lowest BCUT2D eigenvalue weighted by atomic mass is 10.2. The van der Waals surface area contributed by atoms with Crippen LogP contribution in [0.1, 0.15) is 29.4 Å². The summed E-state index contributed by atoms with van der Waals surface area (Å²) >= 11 is 0. The van der Waals surface area contributed by atoms with Crippen molar-refractivity contribution in [1.29, 1.82) is 0 Å². The zero-order chi connectivity index (χ0) is 18.4. The number of esters is 1. The molecule has 134 valence electrons. The van der Waals surface area contributed by atoms with E-state index in [1.54, 1.807) is 6.92 Å². The molecule has 2 rings (SSSR count). The Bertz CT molecular complexity index is 949. The van der Waals surface area contributed by atoms with Crippen molar-refractivity contribution >= 4 is 21.7 Å². The molecule has 10 heteroatoms. The van der Waals surface area contributed by atoms with Gasteiger partial charge >= 0.3 is 11.7 Å². The highest BCUT2D eigenvalue weighted by Gasteiger charge is 2.12. The topological polar surface area (TPSA) is 138 Å². The van der Waals surface area contributed by atoms with Gasteiger partial charge in [0.15, 0.2) is 0 Å². The number of aromatic nitrogens is 2. The van der Waals surface area contributed by atoms with E-state index in [-0.39, 0.29) is 29.3 Å². The molecule has 1 heterocycles. The predicted molar refractivity (Wildman–Crippen MR) is 90.9 cm³/mol. The van der Waals surface area contributed by atoms with E-state index in [1.807, 2.05) is 4.98 Å². The molecule has 1 aromatic heterocycles. The maximum absolute atomic E-state index is 12.1. The monoisotopic (exact) mass is 367 g/mol. The number of sulfonamides is 1. The van der Waals surface area contributed by atoms with Gasteiger partial charge in [0.25, 0.3) is 5.56 Å². The minimum Gasteiger partial charge on any atom is -0.456 e. The number of aromatic amines is 2. The molecule has 0 unspecified atom stereocenters. The van der Waals surface area contributed by atoms with E-state index in [4.69, 9.17) is 4.74 Å². The van der Waals surface area contributed by atoms with Gasteiger partial charge in [-0.05, 0) is 24.6 Å². The van der Waals surface area contributed by atoms with Gasteiger partial charge in [-0.15, -0.1) is 0 Å². The summed E-state index contributed by atoms with van der Waals surface area (Å²) in [6.07, 6.45) is 0.464. The Balaban J connectivity index is 2.08. The van der Waals surface area contributed by atoms with Crippen molar-refractivity contribution in [2.45, 2.75) is 20.0 Å². The van der Waals surface area contributed by atoms with E-state index in [9.17, 15) is 22.8 Å². The van der Waals surface area contributed by atoms with Crippen molar-refractivity contribution in [2.24, 2.45) is 0 Å². The molecule has 1 aromatic carbocycles. The second-order valence-electron chi connectivity index (χ2n) is 5.19. The molecule has 0 saturated heterocycles. The fourth-order valence-corrected chi connectivity index (χ4v) is 3.16. The van der Waals surface area contributed by atoms with Crippen LogP contribution in [0, 0.1) is 0 Å². The second-order valence-corrected chi connectivity index (χ2v) is 7.03. The summed E-state index contributed by atoms with van der Waals surface area (Å²) in [6.45, 7) is 1.44. The molecule has 0 saturated carbocycles. The number of benzene rings is 1. The molecule has 0 aliphatic rings. The van der Waals surface area contributed by atoms with Gasteiger partial charge in [-0.1, -0.05) is 13.0 Å². The first kappa shape index (κ1) is 18.5. The standard InChI is InChI=1S/C15H17N3O6S/c1-2-6-25(22,23)18-11-5-3-4-10(7-11)14(20)24-9-12-8-13(19)17-15(21)16-12/h3-5,7-8,18H,2,6,9H2,1H3,(H2,16,17,19,21). The normalized spacial score (nSPS) is 11.1. The SMILES string of the molecule is CCCS(=O)(=O)Nc1cccc(C(=O)OCc2cc(=O)[nH]c(=O)[nH]2)c1. The number of hydrogen-bond donors (Lipinski definition) is 3. The van der Waals surface area contributed by atoms with E-state index in [0.29, 0.717) is 6.42 Å². The summed E-state index contributed by atoms with van der Waals surface area (Å²) in [5, 5.41) is 0. The molecule has 3 N–H and O–H groups in total. The molecule has 0 atom stereocenters. The summed E-state index contributed by atoms with van der Waals surface area (Å²) in [5.41, 5.74) is -0.800. The molecule has 0 radical (unpaired) electrons. The Kier molecular flexibility index (Phi) is 5.75. The zero-order valence-electron chi connectivity index (χ0n) is 13.4. The highest BCUT2D eigenvalue weighted by Crippen LogP contribution is 2.14. The third-order valence-corrected chi connectivity index (χ3v) is 4.51. The zero-order valence-corrected chi connectivity index (χ0v) is 14.2. The summed E-state index contributed by atoms with van der Waals surface area (Å²) in [7, 11) is -3.47. The molecule has 9 nitrogen and oxygen atoms in total. The van der Waals surface area contributed by atoms with Gasteiger partial charge in [-0.3, -0.25) is 14.5 Å². The van der Waals surface area contributed by atoms with Crippen LogP contribution in [0.15, 0.2) is 39.9 Å². The molecular weight excluding hydrogens is 350 g/mol. The van der Waals surface area contributed by atoms with Crippen molar-refractivity contribution in [3.8, 4) is 0 Å². The summed E-state index contributed by atoms with van der Waals surface area (Å²) in [6, 6.07) is 6.92. The molecule has 0 fully saturated rings. The van der Waals surface area contributed by atoms with E-state index in [0.717, 1.165) is 6.07 Å². The van der Waals surface area contributed by atoms with Crippen LogP contribution in [0.2, 0.25) is 0 Å². The smallest absolute Gasteiger partial charge is 0.338 e. The summed E-state index contributed by atoms with van der Waals surface area (Å²) in [4.78, 5) is 38.7. The van der Waals surface area contributed by atoms with Crippen LogP contribution >= 0.6 is 0 Å². The van der Waals surface area contributed by atoms with Gasteiger partial charge in [0.05, 0.1) is 17.0 Å². The van der Waals surface area contributed by atoms with Crippen LogP contribution in [0.4, 0.5) is 5.69 Å². The predicted octanol–water partition coefficient (Wildman–Crippen LogP) is 0.572. The Morgan fingerprint density at radius 3 is 2.64 bits per heavy atom. The maximum Gasteiger partial charge on any atom is 0.338 e. The van der Waals surface area contributed by atoms with Gasteiger partial charge in [-0.25, -0.2) is 18.0 Å². The number of ether oxygens (including phenoxy) is 1. The fourth-order valence-electron chi connectivity index (χ4n) is 2.03. The van der Waals surface area contributed by atoms with Crippen molar-refractivity contribution in [3.63, 3.8) is 0 Å². The number of nitrogens with one attached hydrogen (secondary N) is 3. The Hall–Kier alpha value is -2.88. The van der Waals surface area contributed by atoms with Gasteiger partial charge in [-0.2, -0.15) is 0 Å². The third-order valence-electron chi connectivity index (χ3n) is 3.02. The largest absolute Gasteiger partial charge is 0.456 e. The quantitative estimate of drug-likeness (QED) is 0.612. The van der Waals surface area contributed by atoms with E-state index >= 15 is 0 Å². The first-order valence-electron chi connectivity index (χ1n) is 7.39. The molecule has 0 amide bonds. The van der Waals surface area contributed by atoms with Crippen molar-refractivity contribution < 1.29 is 17.9 Å². The van der Waals surface area contributed by atoms with Crippen LogP contribution < -0.4 is 16.0 Å². The van der Waals surface area contributed by atoms with Crippen LogP contribution in [0.25, 0.3) is 0 Å². The molecule has 0 aliphatic heterocycles. The van der Waals surface area contributed by atoms with Gasteiger partial charge < -0.3 is 9.72 Å². The summed E-state index contributed by atoms with van der Waals surface area (Å²) < 4.78 is 30.9. The molecule has 0 spiro atoms. The Labute approximate surface area is 143 Å². The first-order valence-corrected chi connectivity index (χ1v) is 9.04. The lowest BCUT2D eigenvalue weighted by Gasteiger charge is -2.09. The number of anilines is 1. The van der Waals surface area contributed by atoms with Crippen LogP contribution in [-0.2, 0) is 21.4 Å². The number of carbonyl (C=O) groups excluding carboxylic acids is 1. The highest BCUT2D eigenvalue weighted by molar-refractivity contribution is 7.92.